The molecule has 0 unspecified atom stereocenters. The molecule has 0 aliphatic heterocycles. The van der Waals surface area contributed by atoms with Gasteiger partial charge in [0, 0.05) is 6.42 Å². The van der Waals surface area contributed by atoms with Crippen molar-refractivity contribution in [2.24, 2.45) is 11.5 Å². The highest BCUT2D eigenvalue weighted by atomic mass is 79.9. The normalized spacial score (nSPS) is 12.6. The molecule has 1 amide bonds. The highest BCUT2D eigenvalue weighted by molar-refractivity contribution is 9.24. The van der Waals surface area contributed by atoms with Gasteiger partial charge in [0.25, 0.3) is 0 Å². The van der Waals surface area contributed by atoms with Crippen molar-refractivity contribution in [2.75, 3.05) is 0 Å². The predicted molar refractivity (Wildman–Crippen MR) is 54.1 cm³/mol. The summed E-state index contributed by atoms with van der Waals surface area (Å²) in [7, 11) is 0. The molecule has 76 valence electrons. The minimum Gasteiger partial charge on any atom is -0.438 e. The molecular weight excluding hydrogens is 308 g/mol. The third-order valence-corrected chi connectivity index (χ3v) is 1.58. The van der Waals surface area contributed by atoms with E-state index in [-0.39, 0.29) is 12.8 Å². The number of primary amides is 1. The summed E-state index contributed by atoms with van der Waals surface area (Å²) in [6.07, 6.45) is 0.270. The van der Waals surface area contributed by atoms with Crippen molar-refractivity contribution in [3.63, 3.8) is 0 Å². The molecule has 1 atom stereocenters. The highest BCUT2D eigenvalue weighted by Gasteiger charge is 2.17. The van der Waals surface area contributed by atoms with E-state index < -0.39 is 21.8 Å². The Morgan fingerprint density at radius 2 is 1.92 bits per heavy atom. The second-order valence-electron chi connectivity index (χ2n) is 2.31. The number of carbonyl (C=O) groups is 2. The Labute approximate surface area is 92.4 Å². The van der Waals surface area contributed by atoms with Gasteiger partial charge < -0.3 is 16.2 Å². The van der Waals surface area contributed by atoms with Crippen molar-refractivity contribution in [2.45, 2.75) is 22.8 Å². The smallest absolute Gasteiger partial charge is 0.324 e. The fourth-order valence-corrected chi connectivity index (χ4v) is 0.959. The molecule has 0 spiro atoms. The van der Waals surface area contributed by atoms with Gasteiger partial charge in [-0.3, -0.25) is 9.59 Å². The van der Waals surface area contributed by atoms with Gasteiger partial charge >= 0.3 is 5.97 Å². The third-order valence-electron chi connectivity index (χ3n) is 1.21. The van der Waals surface area contributed by atoms with Gasteiger partial charge in [-0.2, -0.15) is 0 Å². The molecule has 13 heavy (non-hydrogen) atoms. The largest absolute Gasteiger partial charge is 0.438 e. The van der Waals surface area contributed by atoms with Crippen molar-refractivity contribution < 1.29 is 14.3 Å². The van der Waals surface area contributed by atoms with Crippen LogP contribution in [-0.2, 0) is 14.3 Å². The number of alkyl halides is 2. The van der Waals surface area contributed by atoms with Gasteiger partial charge in [-0.05, 0) is 38.3 Å². The lowest BCUT2D eigenvalue weighted by molar-refractivity contribution is -0.143. The van der Waals surface area contributed by atoms with Crippen LogP contribution in [-0.4, -0.2) is 21.8 Å². The molecule has 7 heteroatoms. The SMILES string of the molecule is NC(=O)CC[C@H](N)C(=O)OC(Br)Br. The van der Waals surface area contributed by atoms with Gasteiger partial charge in [0.2, 0.25) is 9.83 Å². The zero-order valence-electron chi connectivity index (χ0n) is 6.70. The Hall–Kier alpha value is -0.140. The van der Waals surface area contributed by atoms with E-state index in [1.807, 2.05) is 0 Å². The van der Waals surface area contributed by atoms with E-state index in [2.05, 4.69) is 36.6 Å². The van der Waals surface area contributed by atoms with E-state index in [1.54, 1.807) is 0 Å². The Morgan fingerprint density at radius 1 is 1.38 bits per heavy atom. The number of ether oxygens (including phenoxy) is 1. The molecule has 0 aromatic carbocycles. The number of esters is 1. The van der Waals surface area contributed by atoms with Crippen molar-refractivity contribution in [1.29, 1.82) is 0 Å². The quantitative estimate of drug-likeness (QED) is 0.559. The minimum absolute atomic E-state index is 0.0749. The van der Waals surface area contributed by atoms with Crippen LogP contribution in [0, 0.1) is 0 Å². The lowest BCUT2D eigenvalue weighted by Crippen LogP contribution is -2.34. The average Bonchev–Trinajstić information content (AvgIpc) is 1.98. The first-order chi connectivity index (χ1) is 5.93. The fraction of sp³-hybridized carbons (Fsp3) is 0.667. The molecule has 0 bridgehead atoms. The zero-order chi connectivity index (χ0) is 10.4. The lowest BCUT2D eigenvalue weighted by Gasteiger charge is -2.10. The molecule has 0 heterocycles. The molecule has 0 aliphatic carbocycles. The summed E-state index contributed by atoms with van der Waals surface area (Å²) in [5.41, 5.74) is 10.3. The Bertz CT molecular complexity index is 198. The van der Waals surface area contributed by atoms with Crippen LogP contribution in [0.15, 0.2) is 0 Å². The maximum Gasteiger partial charge on any atom is 0.324 e. The van der Waals surface area contributed by atoms with Crippen LogP contribution in [0.3, 0.4) is 0 Å². The van der Waals surface area contributed by atoms with Crippen molar-refractivity contribution in [3.8, 4) is 0 Å². The van der Waals surface area contributed by atoms with Gasteiger partial charge in [0.1, 0.15) is 6.04 Å². The first kappa shape index (κ1) is 12.9. The summed E-state index contributed by atoms with van der Waals surface area (Å²) in [5.74, 6) is -1.07. The fourth-order valence-electron chi connectivity index (χ4n) is 0.591. The second kappa shape index (κ2) is 6.33. The Kier molecular flexibility index (Phi) is 6.27. The highest BCUT2D eigenvalue weighted by Crippen LogP contribution is 2.11. The van der Waals surface area contributed by atoms with Crippen molar-refractivity contribution >= 4 is 43.7 Å². The van der Waals surface area contributed by atoms with E-state index >= 15 is 0 Å². The van der Waals surface area contributed by atoms with Crippen LogP contribution in [0.4, 0.5) is 0 Å². The number of halogens is 2. The molecule has 5 nitrogen and oxygen atoms in total. The topological polar surface area (TPSA) is 95.4 Å². The maximum atomic E-state index is 11.0. The summed E-state index contributed by atoms with van der Waals surface area (Å²) in [6.45, 7) is 0. The minimum atomic E-state index is -0.815. The molecule has 0 radical (unpaired) electrons. The monoisotopic (exact) mass is 316 g/mol. The zero-order valence-corrected chi connectivity index (χ0v) is 9.88. The van der Waals surface area contributed by atoms with Gasteiger partial charge in [0.05, 0.1) is 0 Å². The molecule has 0 saturated carbocycles. The van der Waals surface area contributed by atoms with Crippen LogP contribution in [0.5, 0.6) is 0 Å². The summed E-state index contributed by atoms with van der Waals surface area (Å²) in [4.78, 5) is 21.4. The lowest BCUT2D eigenvalue weighted by atomic mass is 10.2. The average molecular weight is 318 g/mol. The van der Waals surface area contributed by atoms with Gasteiger partial charge in [-0.15, -0.1) is 0 Å². The molecule has 0 fully saturated rings. The number of rotatable bonds is 5. The molecule has 0 aromatic rings. The van der Waals surface area contributed by atoms with Crippen molar-refractivity contribution in [3.05, 3.63) is 0 Å². The molecular formula is C6H10Br2N2O3. The predicted octanol–water partition coefficient (Wildman–Crippen LogP) is 0.196. The Balaban J connectivity index is 3.76. The number of hydrogen-bond donors (Lipinski definition) is 2. The first-order valence-electron chi connectivity index (χ1n) is 3.46. The first-order valence-corrected chi connectivity index (χ1v) is 5.29. The Morgan fingerprint density at radius 3 is 2.31 bits per heavy atom. The molecule has 4 N–H and O–H groups in total. The molecule has 0 aliphatic rings. The number of hydrogen-bond acceptors (Lipinski definition) is 4. The maximum absolute atomic E-state index is 11.0. The van der Waals surface area contributed by atoms with Crippen LogP contribution in [0.1, 0.15) is 12.8 Å². The molecule has 0 aromatic heterocycles. The molecule has 0 rings (SSSR count). The van der Waals surface area contributed by atoms with Crippen LogP contribution >= 0.6 is 31.9 Å². The summed E-state index contributed by atoms with van der Waals surface area (Å²) in [5, 5.41) is 0. The van der Waals surface area contributed by atoms with Crippen LogP contribution in [0.2, 0.25) is 0 Å². The van der Waals surface area contributed by atoms with E-state index in [9.17, 15) is 9.59 Å². The van der Waals surface area contributed by atoms with Crippen molar-refractivity contribution in [1.82, 2.24) is 0 Å². The second-order valence-corrected chi connectivity index (χ2v) is 5.20. The van der Waals surface area contributed by atoms with E-state index in [0.29, 0.717) is 0 Å². The van der Waals surface area contributed by atoms with Crippen LogP contribution in [0.25, 0.3) is 0 Å². The summed E-state index contributed by atoms with van der Waals surface area (Å²) >= 11 is 5.90. The summed E-state index contributed by atoms with van der Waals surface area (Å²) in [6, 6.07) is -0.815. The van der Waals surface area contributed by atoms with E-state index in [0.717, 1.165) is 0 Å². The van der Waals surface area contributed by atoms with Gasteiger partial charge in [0.15, 0.2) is 0 Å². The molecule has 0 saturated heterocycles. The third kappa shape index (κ3) is 6.97. The van der Waals surface area contributed by atoms with E-state index in [1.165, 1.54) is 0 Å². The standard InChI is InChI=1S/C6H10Br2N2O3/c7-6(8)13-5(12)3(9)1-2-4(10)11/h3,6H,1-2,9H2,(H2,10,11)/t3-/m0/s1. The number of amides is 1. The van der Waals surface area contributed by atoms with Gasteiger partial charge in [-0.1, -0.05) is 0 Å². The summed E-state index contributed by atoms with van der Waals surface area (Å²) < 4.78 is 4.10. The van der Waals surface area contributed by atoms with Gasteiger partial charge in [-0.25, -0.2) is 0 Å². The number of nitrogens with two attached hydrogens (primary N) is 2. The van der Waals surface area contributed by atoms with Crippen LogP contribution < -0.4 is 11.5 Å². The number of carbonyl (C=O) groups excluding carboxylic acids is 2. The van der Waals surface area contributed by atoms with E-state index in [4.69, 9.17) is 11.5 Å².